The fourth-order valence-electron chi connectivity index (χ4n) is 2.81. The summed E-state index contributed by atoms with van der Waals surface area (Å²) in [5.74, 6) is 0.937. The van der Waals surface area contributed by atoms with E-state index in [-0.39, 0.29) is 4.90 Å². The van der Waals surface area contributed by atoms with Gasteiger partial charge >= 0.3 is 0 Å². The van der Waals surface area contributed by atoms with Crippen LogP contribution in [0, 0.1) is 19.8 Å². The lowest BCUT2D eigenvalue weighted by Gasteiger charge is -2.31. The average Bonchev–Trinajstić information content (AvgIpc) is 2.79. The first-order chi connectivity index (χ1) is 9.96. The molecule has 7 heteroatoms. The highest BCUT2D eigenvalue weighted by atomic mass is 32.2. The maximum absolute atomic E-state index is 12.7. The minimum absolute atomic E-state index is 0.241. The number of hydrogen-bond donors (Lipinski definition) is 1. The maximum Gasteiger partial charge on any atom is 0.248 e. The molecule has 0 saturated carbocycles. The first kappa shape index (κ1) is 16.5. The van der Waals surface area contributed by atoms with Gasteiger partial charge in [-0.15, -0.1) is 0 Å². The van der Waals surface area contributed by atoms with Crippen molar-refractivity contribution >= 4 is 10.0 Å². The van der Waals surface area contributed by atoms with E-state index in [2.05, 4.69) is 17.4 Å². The lowest BCUT2D eigenvalue weighted by atomic mass is 9.98. The Balaban J connectivity index is 1.98. The van der Waals surface area contributed by atoms with Crippen LogP contribution in [0.2, 0.25) is 0 Å². The Morgan fingerprint density at radius 2 is 2.00 bits per heavy atom. The molecule has 0 amide bonds. The van der Waals surface area contributed by atoms with Gasteiger partial charge < -0.3 is 9.84 Å². The summed E-state index contributed by atoms with van der Waals surface area (Å²) in [6, 6.07) is 0. The number of rotatable bonds is 6. The molecule has 0 atom stereocenters. The largest absolute Gasteiger partial charge is 0.360 e. The summed E-state index contributed by atoms with van der Waals surface area (Å²) in [6.45, 7) is 8.62. The number of nitrogens with one attached hydrogen (secondary N) is 1. The summed E-state index contributed by atoms with van der Waals surface area (Å²) in [6.07, 6.45) is 2.93. The van der Waals surface area contributed by atoms with E-state index in [4.69, 9.17) is 4.52 Å². The standard InChI is InChI=1S/C14H25N3O3S/c1-4-7-15-10-13-5-8-17(9-6-13)21(18,19)14-11(2)16-20-12(14)3/h13,15H,4-10H2,1-3H3. The van der Waals surface area contributed by atoms with Crippen LogP contribution in [-0.2, 0) is 10.0 Å². The zero-order valence-corrected chi connectivity index (χ0v) is 13.9. The van der Waals surface area contributed by atoms with Gasteiger partial charge in [-0.05, 0) is 52.1 Å². The highest BCUT2D eigenvalue weighted by molar-refractivity contribution is 7.89. The van der Waals surface area contributed by atoms with Gasteiger partial charge in [0.2, 0.25) is 10.0 Å². The van der Waals surface area contributed by atoms with Gasteiger partial charge in [-0.2, -0.15) is 4.31 Å². The number of hydrogen-bond acceptors (Lipinski definition) is 5. The monoisotopic (exact) mass is 315 g/mol. The van der Waals surface area contributed by atoms with Gasteiger partial charge in [0.05, 0.1) is 0 Å². The van der Waals surface area contributed by atoms with E-state index in [0.717, 1.165) is 32.4 Å². The molecule has 0 unspecified atom stereocenters. The molecule has 1 aromatic rings. The Hall–Kier alpha value is -0.920. The van der Waals surface area contributed by atoms with Crippen molar-refractivity contribution in [2.75, 3.05) is 26.2 Å². The van der Waals surface area contributed by atoms with E-state index in [1.54, 1.807) is 18.2 Å². The molecule has 0 bridgehead atoms. The van der Waals surface area contributed by atoms with E-state index < -0.39 is 10.0 Å². The van der Waals surface area contributed by atoms with E-state index in [1.807, 2.05) is 0 Å². The van der Waals surface area contributed by atoms with Crippen molar-refractivity contribution in [2.24, 2.45) is 5.92 Å². The average molecular weight is 315 g/mol. The number of nitrogens with zero attached hydrogens (tertiary/aromatic N) is 2. The molecular formula is C14H25N3O3S. The molecule has 0 spiro atoms. The molecule has 1 aliphatic rings. The molecule has 21 heavy (non-hydrogen) atoms. The van der Waals surface area contributed by atoms with Crippen LogP contribution in [-0.4, -0.2) is 44.1 Å². The molecule has 1 N–H and O–H groups in total. The minimum atomic E-state index is -3.47. The van der Waals surface area contributed by atoms with Crippen LogP contribution in [0.15, 0.2) is 9.42 Å². The molecule has 2 heterocycles. The molecule has 1 aliphatic heterocycles. The highest BCUT2D eigenvalue weighted by Crippen LogP contribution is 2.27. The third-order valence-electron chi connectivity index (χ3n) is 4.00. The van der Waals surface area contributed by atoms with Crippen molar-refractivity contribution in [3.05, 3.63) is 11.5 Å². The summed E-state index contributed by atoms with van der Waals surface area (Å²) >= 11 is 0. The number of piperidine rings is 1. The Morgan fingerprint density at radius 3 is 2.52 bits per heavy atom. The molecule has 1 aromatic heterocycles. The maximum atomic E-state index is 12.7. The zero-order valence-electron chi connectivity index (χ0n) is 13.1. The third kappa shape index (κ3) is 3.64. The van der Waals surface area contributed by atoms with Crippen LogP contribution in [0.3, 0.4) is 0 Å². The predicted octanol–water partition coefficient (Wildman–Crippen LogP) is 1.69. The summed E-state index contributed by atoms with van der Waals surface area (Å²) in [5.41, 5.74) is 0.444. The van der Waals surface area contributed by atoms with Gasteiger partial charge in [0.1, 0.15) is 10.6 Å². The molecule has 120 valence electrons. The molecule has 2 rings (SSSR count). The zero-order chi connectivity index (χ0) is 15.5. The van der Waals surface area contributed by atoms with Crippen LogP contribution in [0.5, 0.6) is 0 Å². The topological polar surface area (TPSA) is 75.4 Å². The minimum Gasteiger partial charge on any atom is -0.360 e. The Labute approximate surface area is 126 Å². The van der Waals surface area contributed by atoms with Gasteiger partial charge in [-0.25, -0.2) is 8.42 Å². The predicted molar refractivity (Wildman–Crippen MR) is 80.6 cm³/mol. The second kappa shape index (κ2) is 6.89. The number of sulfonamides is 1. The van der Waals surface area contributed by atoms with Gasteiger partial charge in [0.15, 0.2) is 5.76 Å². The summed E-state index contributed by atoms with van der Waals surface area (Å²) in [4.78, 5) is 0.241. The SMILES string of the molecule is CCCNCC1CCN(S(=O)(=O)c2c(C)noc2C)CC1. The lowest BCUT2D eigenvalue weighted by molar-refractivity contribution is 0.267. The Morgan fingerprint density at radius 1 is 1.33 bits per heavy atom. The van der Waals surface area contributed by atoms with Gasteiger partial charge in [-0.3, -0.25) is 0 Å². The van der Waals surface area contributed by atoms with Crippen LogP contribution in [0.4, 0.5) is 0 Å². The normalized spacial score (nSPS) is 18.2. The fraction of sp³-hybridized carbons (Fsp3) is 0.786. The van der Waals surface area contributed by atoms with Crippen LogP contribution in [0.1, 0.15) is 37.6 Å². The third-order valence-corrected chi connectivity index (χ3v) is 6.14. The van der Waals surface area contributed by atoms with E-state index in [9.17, 15) is 8.42 Å². The first-order valence-electron chi connectivity index (χ1n) is 7.60. The molecule has 1 fully saturated rings. The van der Waals surface area contributed by atoms with Gasteiger partial charge in [0.25, 0.3) is 0 Å². The van der Waals surface area contributed by atoms with Gasteiger partial charge in [0, 0.05) is 13.1 Å². The highest BCUT2D eigenvalue weighted by Gasteiger charge is 2.33. The van der Waals surface area contributed by atoms with Crippen molar-refractivity contribution in [1.29, 1.82) is 0 Å². The number of aromatic nitrogens is 1. The van der Waals surface area contributed by atoms with Crippen LogP contribution < -0.4 is 5.32 Å². The van der Waals surface area contributed by atoms with Crippen molar-refractivity contribution in [2.45, 2.75) is 44.9 Å². The van der Waals surface area contributed by atoms with E-state index in [1.165, 1.54) is 0 Å². The summed E-state index contributed by atoms with van der Waals surface area (Å²) < 4.78 is 31.9. The van der Waals surface area contributed by atoms with Crippen molar-refractivity contribution in [1.82, 2.24) is 14.8 Å². The van der Waals surface area contributed by atoms with E-state index >= 15 is 0 Å². The second-order valence-corrected chi connectivity index (χ2v) is 7.58. The number of aryl methyl sites for hydroxylation is 2. The molecule has 1 saturated heterocycles. The summed E-state index contributed by atoms with van der Waals surface area (Å²) in [7, 11) is -3.47. The molecule has 0 radical (unpaired) electrons. The smallest absolute Gasteiger partial charge is 0.248 e. The quantitative estimate of drug-likeness (QED) is 0.809. The van der Waals surface area contributed by atoms with Gasteiger partial charge in [-0.1, -0.05) is 12.1 Å². The lowest BCUT2D eigenvalue weighted by Crippen LogP contribution is -2.41. The Bertz CT molecular complexity index is 541. The fourth-order valence-corrected chi connectivity index (χ4v) is 4.57. The van der Waals surface area contributed by atoms with Crippen LogP contribution in [0.25, 0.3) is 0 Å². The molecule has 0 aromatic carbocycles. The van der Waals surface area contributed by atoms with Crippen molar-refractivity contribution in [3.63, 3.8) is 0 Å². The second-order valence-electron chi connectivity index (χ2n) is 5.70. The first-order valence-corrected chi connectivity index (χ1v) is 9.04. The van der Waals surface area contributed by atoms with Crippen molar-refractivity contribution < 1.29 is 12.9 Å². The Kier molecular flexibility index (Phi) is 5.40. The van der Waals surface area contributed by atoms with Crippen LogP contribution >= 0.6 is 0 Å². The molecular weight excluding hydrogens is 290 g/mol. The van der Waals surface area contributed by atoms with E-state index in [0.29, 0.717) is 30.5 Å². The molecule has 0 aliphatic carbocycles. The molecule has 6 nitrogen and oxygen atoms in total. The van der Waals surface area contributed by atoms with Crippen molar-refractivity contribution in [3.8, 4) is 0 Å². The summed E-state index contributed by atoms with van der Waals surface area (Å²) in [5, 5.41) is 7.16.